The Labute approximate surface area is 120 Å². The van der Waals surface area contributed by atoms with Crippen molar-refractivity contribution >= 4 is 21.6 Å². The van der Waals surface area contributed by atoms with Crippen molar-refractivity contribution in [1.82, 2.24) is 4.72 Å². The Balaban J connectivity index is 3.10. The van der Waals surface area contributed by atoms with Crippen molar-refractivity contribution in [3.8, 4) is 5.75 Å². The van der Waals surface area contributed by atoms with E-state index in [0.717, 1.165) is 0 Å². The molecule has 0 heterocycles. The van der Waals surface area contributed by atoms with Gasteiger partial charge in [0.05, 0.1) is 16.5 Å². The Hall–Kier alpha value is -0.780. The maximum absolute atomic E-state index is 12.2. The molecule has 0 saturated carbocycles. The Morgan fingerprint density at radius 1 is 1.37 bits per heavy atom. The van der Waals surface area contributed by atoms with Gasteiger partial charge in [0, 0.05) is 6.54 Å². The van der Waals surface area contributed by atoms with Crippen LogP contribution < -0.4 is 9.46 Å². The second-order valence-electron chi connectivity index (χ2n) is 4.73. The molecule has 0 radical (unpaired) electrons. The molecule has 108 valence electrons. The van der Waals surface area contributed by atoms with Crippen LogP contribution >= 0.6 is 11.6 Å². The minimum Gasteiger partial charge on any atom is -0.492 e. The van der Waals surface area contributed by atoms with Crippen LogP contribution in [-0.2, 0) is 10.0 Å². The number of aryl methyl sites for hydroxylation is 1. The highest BCUT2D eigenvalue weighted by atomic mass is 35.5. The second-order valence-corrected chi connectivity index (χ2v) is 6.87. The first-order valence-corrected chi connectivity index (χ1v) is 8.06. The van der Waals surface area contributed by atoms with Gasteiger partial charge in [-0.3, -0.25) is 0 Å². The summed E-state index contributed by atoms with van der Waals surface area (Å²) in [5.41, 5.74) is 0.615. The molecule has 4 nitrogen and oxygen atoms in total. The lowest BCUT2D eigenvalue weighted by molar-refractivity contribution is 0.340. The van der Waals surface area contributed by atoms with E-state index in [1.807, 2.05) is 20.8 Å². The van der Waals surface area contributed by atoms with Crippen molar-refractivity contribution in [1.29, 1.82) is 0 Å². The molecule has 0 saturated heterocycles. The fraction of sp³-hybridized carbons (Fsp3) is 0.538. The molecule has 1 N–H and O–H groups in total. The van der Waals surface area contributed by atoms with Crippen LogP contribution in [0.25, 0.3) is 0 Å². The van der Waals surface area contributed by atoms with Gasteiger partial charge < -0.3 is 4.74 Å². The molecular formula is C13H20ClNO3S. The Morgan fingerprint density at radius 2 is 2.00 bits per heavy atom. The van der Waals surface area contributed by atoms with Crippen molar-refractivity contribution in [3.63, 3.8) is 0 Å². The van der Waals surface area contributed by atoms with E-state index >= 15 is 0 Å². The van der Waals surface area contributed by atoms with Crippen molar-refractivity contribution < 1.29 is 13.2 Å². The molecule has 0 unspecified atom stereocenters. The lowest BCUT2D eigenvalue weighted by atomic mass is 10.2. The third kappa shape index (κ3) is 4.37. The normalized spacial score (nSPS) is 11.9. The van der Waals surface area contributed by atoms with E-state index in [-0.39, 0.29) is 10.8 Å². The number of rotatable bonds is 6. The van der Waals surface area contributed by atoms with Gasteiger partial charge in [-0.2, -0.15) is 0 Å². The van der Waals surface area contributed by atoms with Gasteiger partial charge in [0.1, 0.15) is 5.75 Å². The van der Waals surface area contributed by atoms with Crippen molar-refractivity contribution in [2.45, 2.75) is 32.6 Å². The quantitative estimate of drug-likeness (QED) is 0.879. The van der Waals surface area contributed by atoms with E-state index in [1.165, 1.54) is 6.07 Å². The smallest absolute Gasteiger partial charge is 0.240 e. The Kier molecular flexibility index (Phi) is 5.64. The number of hydrogen-bond acceptors (Lipinski definition) is 3. The van der Waals surface area contributed by atoms with Gasteiger partial charge in [-0.25, -0.2) is 13.1 Å². The van der Waals surface area contributed by atoms with Gasteiger partial charge in [0.25, 0.3) is 0 Å². The number of halogens is 1. The zero-order valence-electron chi connectivity index (χ0n) is 11.7. The topological polar surface area (TPSA) is 55.4 Å². The van der Waals surface area contributed by atoms with Crippen LogP contribution in [0.5, 0.6) is 5.75 Å². The minimum absolute atomic E-state index is 0.196. The summed E-state index contributed by atoms with van der Waals surface area (Å²) in [6.45, 7) is 8.34. The standard InChI is InChI=1S/C13H20ClNO3S/c1-5-18-12-6-10(4)13(7-11(12)14)19(16,17)15-8-9(2)3/h6-7,9,15H,5,8H2,1-4H3. The number of nitrogens with one attached hydrogen (secondary N) is 1. The predicted molar refractivity (Wildman–Crippen MR) is 77.4 cm³/mol. The molecule has 0 aliphatic heterocycles. The maximum Gasteiger partial charge on any atom is 0.240 e. The summed E-state index contributed by atoms with van der Waals surface area (Å²) in [4.78, 5) is 0.196. The molecule has 0 amide bonds. The first-order valence-electron chi connectivity index (χ1n) is 6.20. The average Bonchev–Trinajstić information content (AvgIpc) is 2.31. The lowest BCUT2D eigenvalue weighted by Gasteiger charge is -2.13. The Morgan fingerprint density at radius 3 is 2.53 bits per heavy atom. The number of hydrogen-bond donors (Lipinski definition) is 1. The highest BCUT2D eigenvalue weighted by Gasteiger charge is 2.19. The van der Waals surface area contributed by atoms with Gasteiger partial charge in [0.15, 0.2) is 0 Å². The van der Waals surface area contributed by atoms with Gasteiger partial charge in [-0.15, -0.1) is 0 Å². The number of ether oxygens (including phenoxy) is 1. The molecule has 0 bridgehead atoms. The summed E-state index contributed by atoms with van der Waals surface area (Å²) < 4.78 is 32.2. The van der Waals surface area contributed by atoms with Crippen LogP contribution in [0.3, 0.4) is 0 Å². The van der Waals surface area contributed by atoms with Crippen molar-refractivity contribution in [2.75, 3.05) is 13.2 Å². The molecule has 1 rings (SSSR count). The summed E-state index contributed by atoms with van der Waals surface area (Å²) in [5.74, 6) is 0.748. The lowest BCUT2D eigenvalue weighted by Crippen LogP contribution is -2.28. The summed E-state index contributed by atoms with van der Waals surface area (Å²) in [7, 11) is -3.53. The van der Waals surface area contributed by atoms with E-state index in [4.69, 9.17) is 16.3 Å². The maximum atomic E-state index is 12.2. The van der Waals surface area contributed by atoms with Gasteiger partial charge in [0.2, 0.25) is 10.0 Å². The van der Waals surface area contributed by atoms with Crippen molar-refractivity contribution in [3.05, 3.63) is 22.7 Å². The molecule has 0 aliphatic carbocycles. The minimum atomic E-state index is -3.53. The first-order chi connectivity index (χ1) is 8.77. The monoisotopic (exact) mass is 305 g/mol. The second kappa shape index (κ2) is 6.59. The van der Waals surface area contributed by atoms with E-state index in [9.17, 15) is 8.42 Å². The molecule has 6 heteroatoms. The van der Waals surface area contributed by atoms with Crippen LogP contribution in [-0.4, -0.2) is 21.6 Å². The fourth-order valence-electron chi connectivity index (χ4n) is 1.55. The van der Waals surface area contributed by atoms with Crippen molar-refractivity contribution in [2.24, 2.45) is 5.92 Å². The summed E-state index contributed by atoms with van der Waals surface area (Å²) in [6.07, 6.45) is 0. The average molecular weight is 306 g/mol. The fourth-order valence-corrected chi connectivity index (χ4v) is 3.29. The van der Waals surface area contributed by atoms with Crippen LogP contribution in [0.1, 0.15) is 26.3 Å². The molecule has 0 aliphatic rings. The largest absolute Gasteiger partial charge is 0.492 e. The molecule has 0 spiro atoms. The van der Waals surface area contributed by atoms with Gasteiger partial charge in [-0.1, -0.05) is 25.4 Å². The molecule has 19 heavy (non-hydrogen) atoms. The van der Waals surface area contributed by atoms with Crippen LogP contribution in [0.2, 0.25) is 5.02 Å². The summed E-state index contributed by atoms with van der Waals surface area (Å²) >= 11 is 6.03. The molecular weight excluding hydrogens is 286 g/mol. The number of benzene rings is 1. The van der Waals surface area contributed by atoms with E-state index in [0.29, 0.717) is 29.5 Å². The SMILES string of the molecule is CCOc1cc(C)c(S(=O)(=O)NCC(C)C)cc1Cl. The third-order valence-corrected chi connectivity index (χ3v) is 4.36. The number of sulfonamides is 1. The van der Waals surface area contributed by atoms with Gasteiger partial charge in [-0.05, 0) is 37.5 Å². The highest BCUT2D eigenvalue weighted by Crippen LogP contribution is 2.30. The predicted octanol–water partition coefficient (Wildman–Crippen LogP) is 2.98. The van der Waals surface area contributed by atoms with Gasteiger partial charge >= 0.3 is 0 Å². The first kappa shape index (κ1) is 16.3. The summed E-state index contributed by atoms with van der Waals surface area (Å²) in [6, 6.07) is 3.08. The van der Waals surface area contributed by atoms with Crippen LogP contribution in [0.4, 0.5) is 0 Å². The van der Waals surface area contributed by atoms with E-state index in [2.05, 4.69) is 4.72 Å². The van der Waals surface area contributed by atoms with E-state index in [1.54, 1.807) is 13.0 Å². The highest BCUT2D eigenvalue weighted by molar-refractivity contribution is 7.89. The Bertz CT molecular complexity index is 541. The van der Waals surface area contributed by atoms with Crippen LogP contribution in [0.15, 0.2) is 17.0 Å². The molecule has 0 aromatic heterocycles. The molecule has 0 atom stereocenters. The van der Waals surface area contributed by atoms with E-state index < -0.39 is 10.0 Å². The zero-order chi connectivity index (χ0) is 14.6. The third-order valence-electron chi connectivity index (χ3n) is 2.50. The van der Waals surface area contributed by atoms with Crippen LogP contribution in [0, 0.1) is 12.8 Å². The molecule has 1 aromatic rings. The molecule has 0 fully saturated rings. The molecule has 1 aromatic carbocycles. The summed E-state index contributed by atoms with van der Waals surface area (Å²) in [5, 5.41) is 0.303. The zero-order valence-corrected chi connectivity index (χ0v) is 13.2.